The first kappa shape index (κ1) is 83.1. The largest absolute Gasteiger partial charge is 0.0552 e. The van der Waals surface area contributed by atoms with E-state index in [0.717, 1.165) is 0 Å². The second-order valence-electron chi connectivity index (χ2n) is 35.3. The molecule has 0 aliphatic heterocycles. The molecule has 314 valence electrons. The van der Waals surface area contributed by atoms with Gasteiger partial charge in [-0.1, -0.05) is 0 Å². The Kier molecular flexibility index (Phi) is 40.5. The van der Waals surface area contributed by atoms with Crippen molar-refractivity contribution in [3.63, 3.8) is 0 Å². The molecular weight excluding hydrogens is 843 g/mol. The van der Waals surface area contributed by atoms with E-state index < -0.39 is 0 Å². The minimum absolute atomic E-state index is 0.527. The van der Waals surface area contributed by atoms with Crippen LogP contribution in [0.15, 0.2) is 0 Å². The third-order valence-corrected chi connectivity index (χ3v) is 23.0. The summed E-state index contributed by atoms with van der Waals surface area (Å²) >= 11 is 0. The summed E-state index contributed by atoms with van der Waals surface area (Å²) in [4.78, 5) is 0. The summed E-state index contributed by atoms with van der Waals surface area (Å²) in [6.45, 7) is 0. The molecule has 0 aromatic rings. The van der Waals surface area contributed by atoms with Gasteiger partial charge in [0.25, 0.3) is 0 Å². The molecule has 0 fully saturated rings. The molecule has 0 amide bonds. The van der Waals surface area contributed by atoms with Gasteiger partial charge in [0, 0.05) is 243 Å². The Balaban J connectivity index is 12.5. The smallest absolute Gasteiger partial charge is 0.00000372 e. The molecule has 0 heterocycles. The van der Waals surface area contributed by atoms with Crippen molar-refractivity contribution in [1.29, 1.82) is 0 Å². The Labute approximate surface area is 546 Å². The standard InChI is InChI=1S/B78H80/c1-41(2)61(42(3)4)71(62(43(5)6)44(7)8)76(72(63(45(9)10)46(11)12)64(47(13)14)48(15)16)78(75(69(57(33)34)58(35)36)70(59(37)38)60(39)40)77(73(65(49(17)18)50(19)20)66(51(21)22)52(23)24)74(67(53(25)26)54(27)28)68(55(29)30)56(31)32/h1-40H2. The van der Waals surface area contributed by atoms with Gasteiger partial charge >= 0.3 is 0 Å². The fourth-order valence-corrected chi connectivity index (χ4v) is 22.7. The summed E-state index contributed by atoms with van der Waals surface area (Å²) in [5.41, 5.74) is 0. The number of rotatable bonds is 37. The maximum Gasteiger partial charge on any atom is 0.0552 e. The molecule has 0 aliphatic rings. The second-order valence-corrected chi connectivity index (χ2v) is 35.3. The predicted molar refractivity (Wildman–Crippen MR) is 560 cm³/mol. The van der Waals surface area contributed by atoms with E-state index in [1.165, 1.54) is 0 Å². The van der Waals surface area contributed by atoms with Crippen LogP contribution in [0, 0.1) is 0 Å². The van der Waals surface area contributed by atoms with Crippen LogP contribution in [0.5, 0.6) is 0 Å². The summed E-state index contributed by atoms with van der Waals surface area (Å²) in [5, 5.41) is 0. The first-order valence-corrected chi connectivity index (χ1v) is 35.4. The van der Waals surface area contributed by atoms with Gasteiger partial charge in [0.15, 0.2) is 0 Å². The van der Waals surface area contributed by atoms with Crippen LogP contribution in [0.2, 0.25) is 0 Å². The lowest BCUT2D eigenvalue weighted by molar-refractivity contribution is 3.14. The molecular formula is H80B78. The van der Waals surface area contributed by atoms with E-state index in [1.807, 2.05) is 0 Å². The van der Waals surface area contributed by atoms with E-state index >= 15 is 0 Å². The summed E-state index contributed by atoms with van der Waals surface area (Å²) in [7, 11) is 108. The van der Waals surface area contributed by atoms with Crippen molar-refractivity contribution in [3.05, 3.63) is 0 Å². The van der Waals surface area contributed by atoms with E-state index in [1.54, 1.807) is 0 Å². The molecule has 0 aromatic heterocycles. The van der Waals surface area contributed by atoms with Crippen molar-refractivity contribution >= 4 is 552 Å². The SMILES string of the molecule is BB(B)B(B(B)B)B(B(B(B)B)B(B)B)B(B(B(B(B)B)B(B)B)B(B(B)B)B(B)B)B(B(B(B(B)B)B(B)B)B(B(B)B)B(B)B)B(B(B(B(B)B)B(B)B)B(B(B)B)B(B)B)B(B(B(B)B)B(B)B)B(B(B)B)B(B)B. The van der Waals surface area contributed by atoms with Gasteiger partial charge in [-0.2, -0.15) is 0 Å². The highest BCUT2D eigenvalue weighted by Gasteiger charge is 2.66. The van der Waals surface area contributed by atoms with Crippen LogP contribution >= 0.6 is 0 Å². The van der Waals surface area contributed by atoms with Crippen LogP contribution in [0.3, 0.4) is 0 Å². The Morgan fingerprint density at radius 2 is 0.103 bits per heavy atom. The van der Waals surface area contributed by atoms with Crippen LogP contribution in [0.4, 0.5) is 0 Å². The molecule has 0 saturated heterocycles. The molecule has 78 heteroatoms. The zero-order valence-electron chi connectivity index (χ0n) is 61.9. The monoisotopic (exact) mass is 939 g/mol. The fraction of sp³-hybridized carbons (Fsp3) is 0. The highest BCUT2D eigenvalue weighted by atomic mass is 13.5. The van der Waals surface area contributed by atoms with E-state index in [9.17, 15) is 0 Å². The molecule has 0 radical (unpaired) electrons. The minimum atomic E-state index is 0.527. The lowest BCUT2D eigenvalue weighted by atomic mass is 8.20. The predicted octanol–water partition coefficient (Wildman–Crippen LogP) is -51.1. The number of hydrogen-bond acceptors (Lipinski definition) is 0. The maximum atomic E-state index is 2.72. The topological polar surface area (TPSA) is 0 Å². The van der Waals surface area contributed by atoms with Gasteiger partial charge in [-0.05, 0) is 0 Å². The van der Waals surface area contributed by atoms with Crippen molar-refractivity contribution in [3.8, 4) is 0 Å². The van der Waals surface area contributed by atoms with Gasteiger partial charge in [-0.15, -0.1) is 0 Å². The average Bonchev–Trinajstić information content (AvgIpc) is 3.20. The second kappa shape index (κ2) is 38.0. The van der Waals surface area contributed by atoms with Crippen molar-refractivity contribution in [2.45, 2.75) is 0 Å². The highest BCUT2D eigenvalue weighted by molar-refractivity contribution is 8.41. The lowest BCUT2D eigenvalue weighted by Gasteiger charge is -2.61. The van der Waals surface area contributed by atoms with Gasteiger partial charge in [-0.3, -0.25) is 0 Å². The van der Waals surface area contributed by atoms with Crippen molar-refractivity contribution in [2.75, 3.05) is 0 Å². The molecule has 0 spiro atoms. The fourth-order valence-electron chi connectivity index (χ4n) is 22.7. The van der Waals surface area contributed by atoms with Crippen LogP contribution < -0.4 is 0 Å². The zero-order chi connectivity index (χ0) is 61.9. The molecule has 0 saturated carbocycles. The maximum absolute atomic E-state index is 2.72. The van der Waals surface area contributed by atoms with E-state index in [0.29, 0.717) is 243 Å². The van der Waals surface area contributed by atoms with Gasteiger partial charge in [0.2, 0.25) is 0 Å². The summed E-state index contributed by atoms with van der Waals surface area (Å²) in [5.74, 6) is 0. The first-order valence-electron chi connectivity index (χ1n) is 35.4. The van der Waals surface area contributed by atoms with Crippen LogP contribution in [-0.4, -0.2) is 552 Å². The van der Waals surface area contributed by atoms with Gasteiger partial charge < -0.3 is 0 Å². The van der Waals surface area contributed by atoms with Crippen molar-refractivity contribution in [2.24, 2.45) is 0 Å². The quantitative estimate of drug-likeness (QED) is 0.0545. The van der Waals surface area contributed by atoms with Gasteiger partial charge in [-0.25, -0.2) is 0 Å². The summed E-state index contributed by atoms with van der Waals surface area (Å²) in [6, 6.07) is 0. The normalized spacial score (nSPS) is 9.79. The lowest BCUT2D eigenvalue weighted by Crippen LogP contribution is -2.99. The summed E-state index contributed by atoms with van der Waals surface area (Å²) in [6.07, 6.45) is 22.2. The van der Waals surface area contributed by atoms with E-state index in [2.05, 4.69) is 309 Å². The van der Waals surface area contributed by atoms with Crippen LogP contribution in [0.1, 0.15) is 0 Å². The summed E-state index contributed by atoms with van der Waals surface area (Å²) < 4.78 is 0. The molecule has 0 unspecified atom stereocenters. The third kappa shape index (κ3) is 22.2. The molecule has 78 heavy (non-hydrogen) atoms. The Bertz CT molecular complexity index is 1160. The molecule has 0 aliphatic carbocycles. The highest BCUT2D eigenvalue weighted by Crippen LogP contribution is 2.27. The van der Waals surface area contributed by atoms with Gasteiger partial charge in [0.05, 0.1) is 309 Å². The Morgan fingerprint density at radius 1 is 0.0641 bits per heavy atom. The van der Waals surface area contributed by atoms with Crippen LogP contribution in [-0.2, 0) is 0 Å². The van der Waals surface area contributed by atoms with Crippen molar-refractivity contribution < 1.29 is 0 Å². The van der Waals surface area contributed by atoms with E-state index in [4.69, 9.17) is 0 Å². The third-order valence-electron chi connectivity index (χ3n) is 23.0. The van der Waals surface area contributed by atoms with E-state index in [-0.39, 0.29) is 0 Å². The molecule has 0 N–H and O–H groups in total. The van der Waals surface area contributed by atoms with Crippen LogP contribution in [0.25, 0.3) is 0 Å². The molecule has 0 bridgehead atoms. The first-order chi connectivity index (χ1) is 35.4. The molecule has 0 aromatic carbocycles. The minimum Gasteiger partial charge on any atom is 0.00000372 e. The number of hydrogen-bond donors (Lipinski definition) is 0. The van der Waals surface area contributed by atoms with Gasteiger partial charge in [0.1, 0.15) is 0 Å². The molecule has 0 atom stereocenters. The molecule has 0 nitrogen and oxygen atoms in total. The Morgan fingerprint density at radius 3 is 0.141 bits per heavy atom. The van der Waals surface area contributed by atoms with Crippen molar-refractivity contribution in [1.82, 2.24) is 0 Å². The average molecular weight is 924 g/mol. The zero-order valence-corrected chi connectivity index (χ0v) is 61.9. The Hall–Kier alpha value is 5.06. The molecule has 0 rings (SSSR count).